The summed E-state index contributed by atoms with van der Waals surface area (Å²) in [5.41, 5.74) is 6.69. The van der Waals surface area contributed by atoms with Gasteiger partial charge in [0.25, 0.3) is 0 Å². The van der Waals surface area contributed by atoms with E-state index in [4.69, 9.17) is 5.73 Å². The van der Waals surface area contributed by atoms with Gasteiger partial charge in [-0.15, -0.1) is 13.2 Å². The van der Waals surface area contributed by atoms with Crippen molar-refractivity contribution in [1.82, 2.24) is 4.90 Å². The molecule has 1 aromatic rings. The highest BCUT2D eigenvalue weighted by atomic mass is 19.4. The fourth-order valence-electron chi connectivity index (χ4n) is 2.23. The number of likely N-dealkylation sites (N-methyl/N-ethyl adjacent to an activating group) is 1. The third kappa shape index (κ3) is 6.35. The summed E-state index contributed by atoms with van der Waals surface area (Å²) in [7, 11) is 1.98. The molecular weight excluding hydrogens is 281 g/mol. The number of nitrogens with zero attached hydrogens (tertiary/aromatic N) is 1. The number of alkyl halides is 3. The minimum atomic E-state index is -4.66. The van der Waals surface area contributed by atoms with Crippen LogP contribution < -0.4 is 10.5 Å². The maximum Gasteiger partial charge on any atom is 0.573 e. The van der Waals surface area contributed by atoms with Gasteiger partial charge in [-0.3, -0.25) is 4.90 Å². The van der Waals surface area contributed by atoms with Gasteiger partial charge in [0.15, 0.2) is 0 Å². The summed E-state index contributed by atoms with van der Waals surface area (Å²) in [6.07, 6.45) is -1.28. The van der Waals surface area contributed by atoms with Gasteiger partial charge in [0.2, 0.25) is 0 Å². The largest absolute Gasteiger partial charge is 0.573 e. The van der Waals surface area contributed by atoms with E-state index in [0.29, 0.717) is 6.54 Å². The molecular formula is C15H23F3N2O. The van der Waals surface area contributed by atoms with Gasteiger partial charge in [-0.2, -0.15) is 0 Å². The minimum absolute atomic E-state index is 0.00166. The average Bonchev–Trinajstić information content (AvgIpc) is 2.40. The second-order valence-electron chi connectivity index (χ2n) is 5.06. The molecule has 0 saturated heterocycles. The molecule has 6 heteroatoms. The van der Waals surface area contributed by atoms with Crippen LogP contribution in [-0.4, -0.2) is 31.4 Å². The second kappa shape index (κ2) is 8.24. The summed E-state index contributed by atoms with van der Waals surface area (Å²) in [6, 6.07) is 5.92. The van der Waals surface area contributed by atoms with Crippen molar-refractivity contribution < 1.29 is 17.9 Å². The van der Waals surface area contributed by atoms with Gasteiger partial charge < -0.3 is 10.5 Å². The van der Waals surface area contributed by atoms with E-state index in [9.17, 15) is 13.2 Å². The lowest BCUT2D eigenvalue weighted by atomic mass is 10.1. The van der Waals surface area contributed by atoms with Crippen molar-refractivity contribution in [3.8, 4) is 5.75 Å². The maximum absolute atomic E-state index is 12.1. The van der Waals surface area contributed by atoms with E-state index in [2.05, 4.69) is 16.6 Å². The molecule has 1 unspecified atom stereocenters. The van der Waals surface area contributed by atoms with E-state index in [1.807, 2.05) is 7.05 Å². The molecule has 0 heterocycles. The molecule has 1 rings (SSSR count). The molecule has 120 valence electrons. The molecule has 0 aliphatic heterocycles. The third-order valence-corrected chi connectivity index (χ3v) is 3.37. The highest BCUT2D eigenvalue weighted by Crippen LogP contribution is 2.25. The number of hydrogen-bond acceptors (Lipinski definition) is 3. The first-order valence-corrected chi connectivity index (χ1v) is 7.13. The normalized spacial score (nSPS) is 13.5. The Morgan fingerprint density at radius 2 is 1.81 bits per heavy atom. The molecule has 1 aromatic carbocycles. The Morgan fingerprint density at radius 3 is 2.29 bits per heavy atom. The van der Waals surface area contributed by atoms with E-state index in [1.54, 1.807) is 12.1 Å². The quantitative estimate of drug-likeness (QED) is 0.744. The summed E-state index contributed by atoms with van der Waals surface area (Å²) in [6.45, 7) is 3.47. The Balaban J connectivity index is 2.68. The fraction of sp³-hybridized carbons (Fsp3) is 0.600. The van der Waals surface area contributed by atoms with Gasteiger partial charge in [0.05, 0.1) is 0 Å². The predicted octanol–water partition coefficient (Wildman–Crippen LogP) is 3.71. The van der Waals surface area contributed by atoms with Crippen LogP contribution in [0.2, 0.25) is 0 Å². The smallest absolute Gasteiger partial charge is 0.406 e. The first-order chi connectivity index (χ1) is 9.87. The van der Waals surface area contributed by atoms with Crippen molar-refractivity contribution >= 4 is 0 Å². The number of nitrogens with two attached hydrogens (primary N) is 1. The van der Waals surface area contributed by atoms with Gasteiger partial charge in [-0.05, 0) is 37.7 Å². The first kappa shape index (κ1) is 17.8. The van der Waals surface area contributed by atoms with Crippen LogP contribution in [0.4, 0.5) is 13.2 Å². The van der Waals surface area contributed by atoms with Crippen LogP contribution in [0.25, 0.3) is 0 Å². The Labute approximate surface area is 123 Å². The zero-order chi connectivity index (χ0) is 15.9. The third-order valence-electron chi connectivity index (χ3n) is 3.37. The van der Waals surface area contributed by atoms with Crippen LogP contribution in [0.3, 0.4) is 0 Å². The van der Waals surface area contributed by atoms with Crippen molar-refractivity contribution in [3.05, 3.63) is 29.8 Å². The highest BCUT2D eigenvalue weighted by Gasteiger charge is 2.31. The van der Waals surface area contributed by atoms with E-state index in [-0.39, 0.29) is 11.8 Å². The molecule has 0 fully saturated rings. The van der Waals surface area contributed by atoms with E-state index >= 15 is 0 Å². The highest BCUT2D eigenvalue weighted by molar-refractivity contribution is 5.29. The molecule has 2 N–H and O–H groups in total. The first-order valence-electron chi connectivity index (χ1n) is 7.13. The van der Waals surface area contributed by atoms with Crippen LogP contribution in [0, 0.1) is 0 Å². The Hall–Kier alpha value is -1.27. The van der Waals surface area contributed by atoms with E-state index in [1.165, 1.54) is 12.1 Å². The van der Waals surface area contributed by atoms with Crippen LogP contribution >= 0.6 is 0 Å². The Bertz CT molecular complexity index is 406. The molecule has 21 heavy (non-hydrogen) atoms. The van der Waals surface area contributed by atoms with Gasteiger partial charge in [-0.1, -0.05) is 31.9 Å². The van der Waals surface area contributed by atoms with Gasteiger partial charge in [0.1, 0.15) is 5.75 Å². The zero-order valence-corrected chi connectivity index (χ0v) is 12.5. The number of unbranched alkanes of at least 4 members (excludes halogenated alkanes) is 2. The van der Waals surface area contributed by atoms with Gasteiger partial charge in [-0.25, -0.2) is 0 Å². The summed E-state index contributed by atoms with van der Waals surface area (Å²) >= 11 is 0. The summed E-state index contributed by atoms with van der Waals surface area (Å²) in [4.78, 5) is 2.13. The van der Waals surface area contributed by atoms with E-state index < -0.39 is 6.36 Å². The number of ether oxygens (including phenoxy) is 1. The predicted molar refractivity (Wildman–Crippen MR) is 77.1 cm³/mol. The van der Waals surface area contributed by atoms with Crippen LogP contribution in [0.15, 0.2) is 24.3 Å². The average molecular weight is 304 g/mol. The van der Waals surface area contributed by atoms with Gasteiger partial charge in [0, 0.05) is 12.6 Å². The number of hydrogen-bond donors (Lipinski definition) is 1. The van der Waals surface area contributed by atoms with Crippen molar-refractivity contribution in [2.45, 2.75) is 38.6 Å². The second-order valence-corrected chi connectivity index (χ2v) is 5.06. The molecule has 0 spiro atoms. The minimum Gasteiger partial charge on any atom is -0.406 e. The van der Waals surface area contributed by atoms with Crippen molar-refractivity contribution in [3.63, 3.8) is 0 Å². The summed E-state index contributed by atoms with van der Waals surface area (Å²) in [5, 5.41) is 0. The Morgan fingerprint density at radius 1 is 1.19 bits per heavy atom. The van der Waals surface area contributed by atoms with Crippen molar-refractivity contribution in [2.24, 2.45) is 5.73 Å². The number of benzene rings is 1. The molecule has 0 saturated carbocycles. The summed E-state index contributed by atoms with van der Waals surface area (Å²) < 4.78 is 40.2. The topological polar surface area (TPSA) is 38.5 Å². The summed E-state index contributed by atoms with van der Waals surface area (Å²) in [5.74, 6) is -0.212. The maximum atomic E-state index is 12.1. The lowest BCUT2D eigenvalue weighted by molar-refractivity contribution is -0.274. The van der Waals surface area contributed by atoms with E-state index in [0.717, 1.165) is 31.4 Å². The van der Waals surface area contributed by atoms with Crippen molar-refractivity contribution in [2.75, 3.05) is 20.1 Å². The zero-order valence-electron chi connectivity index (χ0n) is 12.5. The fourth-order valence-corrected chi connectivity index (χ4v) is 2.23. The molecule has 0 bridgehead atoms. The molecule has 0 radical (unpaired) electrons. The van der Waals surface area contributed by atoms with Crippen LogP contribution in [0.5, 0.6) is 5.75 Å². The molecule has 0 amide bonds. The number of rotatable bonds is 8. The van der Waals surface area contributed by atoms with Crippen molar-refractivity contribution in [1.29, 1.82) is 0 Å². The molecule has 0 aliphatic carbocycles. The standard InChI is InChI=1S/C15H23F3N2O/c1-3-4-5-10-20(2)14(11-19)12-6-8-13(9-7-12)21-15(16,17)18/h6-9,14H,3-5,10-11,19H2,1-2H3. The number of halogens is 3. The lowest BCUT2D eigenvalue weighted by Crippen LogP contribution is -2.31. The SMILES string of the molecule is CCCCCN(C)C(CN)c1ccc(OC(F)(F)F)cc1. The lowest BCUT2D eigenvalue weighted by Gasteiger charge is -2.27. The molecule has 1 atom stereocenters. The van der Waals surface area contributed by atoms with Gasteiger partial charge >= 0.3 is 6.36 Å². The molecule has 0 aromatic heterocycles. The Kier molecular flexibility index (Phi) is 6.98. The van der Waals surface area contributed by atoms with Crippen LogP contribution in [-0.2, 0) is 0 Å². The molecule has 0 aliphatic rings. The molecule has 3 nitrogen and oxygen atoms in total. The monoisotopic (exact) mass is 304 g/mol. The van der Waals surface area contributed by atoms with Crippen LogP contribution in [0.1, 0.15) is 37.8 Å².